The van der Waals surface area contributed by atoms with Crippen molar-refractivity contribution in [1.82, 2.24) is 47.5 Å². The number of aromatic nitrogens is 1. The number of aromatic amines is 1. The number of carboxylic acid groups (broad SMARTS) is 1. The molecular weight excluding hydrogens is 997 g/mol. The lowest BCUT2D eigenvalue weighted by Gasteiger charge is -2.29. The number of H-pyrrole nitrogens is 1. The Kier molecular flexibility index (Phi) is 22.5. The van der Waals surface area contributed by atoms with E-state index in [0.717, 1.165) is 45.0 Å². The number of carbonyl (C=O) groups is 8. The van der Waals surface area contributed by atoms with Crippen molar-refractivity contribution < 1.29 is 58.8 Å². The SMILES string of the molecule is CN[C@H](Cc1ccccc1)C(=O)N[C@H]1CSSC[C@@H](C(=O)N[C@H](C(=O)O)C(C)O)NC(=O)[C@H](C(C)O)NC(=O)[C@H](CCCCN)NC(=O)[C@@H](Cc2c[nH]c3ccccc23)NC(=O)[C@H](Cc2ccc(O)cc2)NC1=O. The van der Waals surface area contributed by atoms with Crippen molar-refractivity contribution in [3.8, 4) is 5.75 Å². The standard InChI is InChI=1S/C50H66N10O12S2/c1-27(61)41-49(70)58-40(48(69)60-42(28(2)62)50(71)72)26-74-73-25-39(57-44(65)36(52-3)21-29-11-5-4-6-12-29)47(68)55-37(22-30-16-18-32(63)19-17-30)45(66)56-38(23-31-24-53-34-14-8-7-13-33(31)34)46(67)54-35(43(64)59-41)15-9-10-20-51/h4-8,11-14,16-19,24,27-28,35-42,52-53,61-63H,9-10,15,20-23,25-26,51H2,1-3H3,(H,54,67)(H,55,68)(H,56,66)(H,57,65)(H,58,70)(H,59,64)(H,60,69)(H,71,72)/t27?,28?,35-,36+,37-,38+,39-,40-,41-,42-/m0/s1. The van der Waals surface area contributed by atoms with Crippen molar-refractivity contribution in [3.05, 3.63) is 102 Å². The Bertz CT molecular complexity index is 2550. The average Bonchev–Trinajstić information content (AvgIpc) is 3.78. The molecule has 1 saturated heterocycles. The maximum Gasteiger partial charge on any atom is 0.328 e. The average molecular weight is 1060 g/mol. The summed E-state index contributed by atoms with van der Waals surface area (Å²) in [6.07, 6.45) is -0.848. The summed E-state index contributed by atoms with van der Waals surface area (Å²) in [6.45, 7) is 2.58. The lowest BCUT2D eigenvalue weighted by molar-refractivity contribution is -0.145. The van der Waals surface area contributed by atoms with Gasteiger partial charge in [-0.05, 0) is 88.0 Å². The van der Waals surface area contributed by atoms with Gasteiger partial charge in [-0.1, -0.05) is 82.3 Å². The highest BCUT2D eigenvalue weighted by Gasteiger charge is 2.37. The predicted octanol–water partition coefficient (Wildman–Crippen LogP) is -0.747. The number of phenols is 1. The molecule has 10 atom stereocenters. The lowest BCUT2D eigenvalue weighted by Crippen LogP contribution is -2.62. The van der Waals surface area contributed by atoms with Gasteiger partial charge < -0.3 is 73.7 Å². The van der Waals surface area contributed by atoms with Gasteiger partial charge in [0.1, 0.15) is 42.0 Å². The fourth-order valence-corrected chi connectivity index (χ4v) is 10.3. The number of aliphatic hydroxyl groups excluding tert-OH is 2. The van der Waals surface area contributed by atoms with E-state index in [1.165, 1.54) is 19.1 Å². The van der Waals surface area contributed by atoms with Crippen LogP contribution in [-0.2, 0) is 57.6 Å². The second kappa shape index (κ2) is 28.7. The van der Waals surface area contributed by atoms with Crippen molar-refractivity contribution in [3.63, 3.8) is 0 Å². The van der Waals surface area contributed by atoms with Crippen molar-refractivity contribution >= 4 is 79.8 Å². The third-order valence-electron chi connectivity index (χ3n) is 12.2. The van der Waals surface area contributed by atoms with E-state index in [9.17, 15) is 58.8 Å². The van der Waals surface area contributed by atoms with E-state index in [0.29, 0.717) is 24.0 Å². The van der Waals surface area contributed by atoms with Crippen LogP contribution >= 0.6 is 21.6 Å². The number of aliphatic carboxylic acids is 1. The minimum Gasteiger partial charge on any atom is -0.508 e. The van der Waals surface area contributed by atoms with Crippen LogP contribution in [0, 0.1) is 0 Å². The molecule has 0 aliphatic carbocycles. The van der Waals surface area contributed by atoms with Crippen LogP contribution < -0.4 is 48.3 Å². The highest BCUT2D eigenvalue weighted by atomic mass is 33.1. The van der Waals surface area contributed by atoms with Crippen LogP contribution in [0.2, 0.25) is 0 Å². The van der Waals surface area contributed by atoms with Gasteiger partial charge in [-0.2, -0.15) is 0 Å². The number of rotatable bonds is 18. The van der Waals surface area contributed by atoms with E-state index in [4.69, 9.17) is 5.73 Å². The maximum absolute atomic E-state index is 14.8. The fraction of sp³-hybridized carbons (Fsp3) is 0.440. The minimum absolute atomic E-state index is 0.0160. The van der Waals surface area contributed by atoms with E-state index in [1.54, 1.807) is 31.4 Å². The van der Waals surface area contributed by atoms with Crippen molar-refractivity contribution in [2.75, 3.05) is 25.1 Å². The number of nitrogens with one attached hydrogen (secondary N) is 9. The van der Waals surface area contributed by atoms with Gasteiger partial charge >= 0.3 is 5.97 Å². The van der Waals surface area contributed by atoms with Gasteiger partial charge in [-0.25, -0.2) is 4.79 Å². The monoisotopic (exact) mass is 1060 g/mol. The number of hydrogen-bond acceptors (Lipinski definition) is 15. The van der Waals surface area contributed by atoms with Crippen LogP contribution in [0.15, 0.2) is 85.1 Å². The van der Waals surface area contributed by atoms with Gasteiger partial charge in [0.15, 0.2) is 6.04 Å². The third kappa shape index (κ3) is 17.2. The van der Waals surface area contributed by atoms with Crippen LogP contribution in [-0.4, -0.2) is 158 Å². The highest BCUT2D eigenvalue weighted by molar-refractivity contribution is 8.76. The number of amides is 7. The van der Waals surface area contributed by atoms with E-state index < -0.39 is 108 Å². The minimum atomic E-state index is -1.81. The molecule has 3 aromatic carbocycles. The first-order chi connectivity index (χ1) is 35.4. The highest BCUT2D eigenvalue weighted by Crippen LogP contribution is 2.25. The second-order valence-electron chi connectivity index (χ2n) is 17.9. The van der Waals surface area contributed by atoms with E-state index in [1.807, 2.05) is 48.5 Å². The van der Waals surface area contributed by atoms with E-state index >= 15 is 0 Å². The molecule has 4 aromatic rings. The number of carboxylic acids is 1. The number of benzene rings is 3. The van der Waals surface area contributed by atoms with Gasteiger partial charge in [0.2, 0.25) is 41.4 Å². The van der Waals surface area contributed by atoms with Crippen LogP contribution in [0.5, 0.6) is 5.75 Å². The topological polar surface area (TPSA) is 356 Å². The zero-order valence-corrected chi connectivity index (χ0v) is 42.8. The number of hydrogen-bond donors (Lipinski definition) is 14. The molecule has 1 fully saturated rings. The summed E-state index contributed by atoms with van der Waals surface area (Å²) in [5.41, 5.74) is 8.44. The van der Waals surface area contributed by atoms with Gasteiger partial charge in [0, 0.05) is 41.4 Å². The van der Waals surface area contributed by atoms with Crippen molar-refractivity contribution in [1.29, 1.82) is 0 Å². The number of aromatic hydroxyl groups is 1. The molecule has 400 valence electrons. The largest absolute Gasteiger partial charge is 0.508 e. The summed E-state index contributed by atoms with van der Waals surface area (Å²) in [5.74, 6) is -8.30. The molecule has 1 aromatic heterocycles. The molecule has 22 nitrogen and oxygen atoms in total. The molecule has 0 spiro atoms. The van der Waals surface area contributed by atoms with Crippen molar-refractivity contribution in [2.24, 2.45) is 5.73 Å². The third-order valence-corrected chi connectivity index (χ3v) is 14.6. The summed E-state index contributed by atoms with van der Waals surface area (Å²) in [5, 5.41) is 62.9. The number of nitrogens with two attached hydrogens (primary N) is 1. The number of phenolic OH excluding ortho intramolecular Hbond substituents is 1. The lowest BCUT2D eigenvalue weighted by atomic mass is 10.0. The first-order valence-corrected chi connectivity index (χ1v) is 26.6. The Hall–Kier alpha value is -6.70. The van der Waals surface area contributed by atoms with Crippen LogP contribution in [0.3, 0.4) is 0 Å². The maximum atomic E-state index is 14.8. The molecule has 0 bridgehead atoms. The predicted molar refractivity (Wildman–Crippen MR) is 279 cm³/mol. The molecule has 0 saturated carbocycles. The quantitative estimate of drug-likeness (QED) is 0.0431. The second-order valence-corrected chi connectivity index (χ2v) is 20.5. The number of para-hydroxylation sites is 1. The number of aliphatic hydroxyl groups is 2. The smallest absolute Gasteiger partial charge is 0.328 e. The molecule has 2 heterocycles. The Labute approximate surface area is 435 Å². The summed E-state index contributed by atoms with van der Waals surface area (Å²) in [4.78, 5) is 115. The molecule has 24 heteroatoms. The van der Waals surface area contributed by atoms with Gasteiger partial charge in [-0.3, -0.25) is 33.6 Å². The molecule has 5 rings (SSSR count). The molecule has 1 aliphatic heterocycles. The Morgan fingerprint density at radius 3 is 2.00 bits per heavy atom. The fourth-order valence-electron chi connectivity index (χ4n) is 7.99. The molecule has 15 N–H and O–H groups in total. The molecule has 0 radical (unpaired) electrons. The number of unbranched alkanes of at least 4 members (excludes halogenated alkanes) is 1. The normalized spacial score (nSPS) is 22.3. The molecule has 74 heavy (non-hydrogen) atoms. The first-order valence-electron chi connectivity index (χ1n) is 24.1. The number of fused-ring (bicyclic) bond motifs is 1. The summed E-state index contributed by atoms with van der Waals surface area (Å²) in [7, 11) is 3.49. The molecular formula is C50H66N10O12S2. The summed E-state index contributed by atoms with van der Waals surface area (Å²) >= 11 is 0. The molecule has 2 unspecified atom stereocenters. The zero-order chi connectivity index (χ0) is 53.9. The van der Waals surface area contributed by atoms with E-state index in [2.05, 4.69) is 47.5 Å². The van der Waals surface area contributed by atoms with Gasteiger partial charge in [-0.15, -0.1) is 0 Å². The first kappa shape index (κ1) is 58.2. The summed E-state index contributed by atoms with van der Waals surface area (Å²) < 4.78 is 0. The Morgan fingerprint density at radius 1 is 0.730 bits per heavy atom. The van der Waals surface area contributed by atoms with Gasteiger partial charge in [0.05, 0.1) is 18.2 Å². The van der Waals surface area contributed by atoms with Crippen molar-refractivity contribution in [2.45, 2.75) is 113 Å². The number of carbonyl (C=O) groups excluding carboxylic acids is 7. The Morgan fingerprint density at radius 2 is 1.35 bits per heavy atom. The molecule has 7 amide bonds. The number of likely N-dealkylation sites (N-methyl/N-ethyl adjacent to an activating group) is 1. The Balaban J connectivity index is 1.59. The van der Waals surface area contributed by atoms with Crippen LogP contribution in [0.4, 0.5) is 0 Å². The van der Waals surface area contributed by atoms with Crippen LogP contribution in [0.25, 0.3) is 10.9 Å². The van der Waals surface area contributed by atoms with Crippen LogP contribution in [0.1, 0.15) is 49.8 Å². The molecule has 1 aliphatic rings. The zero-order valence-electron chi connectivity index (χ0n) is 41.2. The van der Waals surface area contributed by atoms with E-state index in [-0.39, 0.29) is 49.5 Å². The summed E-state index contributed by atoms with van der Waals surface area (Å²) in [6, 6.07) is 10.7. The van der Waals surface area contributed by atoms with Gasteiger partial charge in [0.25, 0.3) is 0 Å².